The van der Waals surface area contributed by atoms with Gasteiger partial charge in [0.15, 0.2) is 0 Å². The van der Waals surface area contributed by atoms with E-state index < -0.39 is 27.2 Å². The molecule has 1 aromatic rings. The fraction of sp³-hybridized carbons (Fsp3) is 0.588. The van der Waals surface area contributed by atoms with Gasteiger partial charge in [0.25, 0.3) is 0 Å². The van der Waals surface area contributed by atoms with Crippen molar-refractivity contribution < 1.29 is 18.0 Å². The van der Waals surface area contributed by atoms with Gasteiger partial charge in [0.2, 0.25) is 15.9 Å². The molecule has 1 saturated carbocycles. The molecule has 0 saturated heterocycles. The summed E-state index contributed by atoms with van der Waals surface area (Å²) >= 11 is 1.15. The SMILES string of the molecule is CNC(=O)NC(=O)[C@@H](C)Sc1ccc(S(=O)(=O)N(C)C2CCCCC2)cn1. The molecule has 1 fully saturated rings. The van der Waals surface area contributed by atoms with Gasteiger partial charge in [-0.15, -0.1) is 0 Å². The van der Waals surface area contributed by atoms with Crippen LogP contribution in [0.25, 0.3) is 0 Å². The number of hydrogen-bond acceptors (Lipinski definition) is 6. The number of aromatic nitrogens is 1. The van der Waals surface area contributed by atoms with E-state index in [4.69, 9.17) is 0 Å². The molecule has 0 spiro atoms. The van der Waals surface area contributed by atoms with E-state index in [9.17, 15) is 18.0 Å². The Hall–Kier alpha value is -1.65. The lowest BCUT2D eigenvalue weighted by atomic mass is 9.96. The third-order valence-electron chi connectivity index (χ3n) is 4.61. The lowest BCUT2D eigenvalue weighted by Gasteiger charge is -2.30. The van der Waals surface area contributed by atoms with Gasteiger partial charge in [-0.3, -0.25) is 10.1 Å². The third kappa shape index (κ3) is 5.66. The molecular weight excluding hydrogens is 388 g/mol. The van der Waals surface area contributed by atoms with E-state index in [1.165, 1.54) is 23.6 Å². The van der Waals surface area contributed by atoms with E-state index >= 15 is 0 Å². The Morgan fingerprint density at radius 3 is 2.48 bits per heavy atom. The van der Waals surface area contributed by atoms with Crippen LogP contribution in [-0.2, 0) is 14.8 Å². The molecule has 10 heteroatoms. The van der Waals surface area contributed by atoms with Crippen LogP contribution >= 0.6 is 11.8 Å². The molecule has 1 heterocycles. The Morgan fingerprint density at radius 1 is 1.26 bits per heavy atom. The molecule has 1 aromatic heterocycles. The lowest BCUT2D eigenvalue weighted by Crippen LogP contribution is -2.41. The highest BCUT2D eigenvalue weighted by molar-refractivity contribution is 8.00. The van der Waals surface area contributed by atoms with Crippen LogP contribution in [-0.4, -0.2) is 55.0 Å². The highest BCUT2D eigenvalue weighted by atomic mass is 32.2. The van der Waals surface area contributed by atoms with Gasteiger partial charge in [0, 0.05) is 26.3 Å². The first kappa shape index (κ1) is 21.6. The summed E-state index contributed by atoms with van der Waals surface area (Å²) in [6, 6.07) is 2.54. The Labute approximate surface area is 164 Å². The Kier molecular flexibility index (Phi) is 7.63. The summed E-state index contributed by atoms with van der Waals surface area (Å²) in [5.74, 6) is -0.449. The zero-order valence-corrected chi connectivity index (χ0v) is 17.4. The van der Waals surface area contributed by atoms with Crippen LogP contribution in [0.15, 0.2) is 28.3 Å². The number of thioether (sulfide) groups is 1. The van der Waals surface area contributed by atoms with Gasteiger partial charge in [0.05, 0.1) is 10.3 Å². The molecule has 1 aliphatic rings. The quantitative estimate of drug-likeness (QED) is 0.689. The summed E-state index contributed by atoms with van der Waals surface area (Å²) in [7, 11) is -0.544. The van der Waals surface area contributed by atoms with Crippen molar-refractivity contribution in [2.24, 2.45) is 0 Å². The molecule has 0 unspecified atom stereocenters. The van der Waals surface area contributed by atoms with Gasteiger partial charge in [-0.05, 0) is 31.9 Å². The van der Waals surface area contributed by atoms with Crippen LogP contribution in [0.1, 0.15) is 39.0 Å². The zero-order chi connectivity index (χ0) is 20.0. The Bertz CT molecular complexity index is 762. The van der Waals surface area contributed by atoms with Crippen molar-refractivity contribution in [3.63, 3.8) is 0 Å². The van der Waals surface area contributed by atoms with Gasteiger partial charge in [0.1, 0.15) is 4.90 Å². The molecule has 0 aliphatic heterocycles. The van der Waals surface area contributed by atoms with E-state index in [2.05, 4.69) is 15.6 Å². The molecule has 1 aliphatic carbocycles. The number of urea groups is 1. The number of carbonyl (C=O) groups excluding carboxylic acids is 2. The second kappa shape index (κ2) is 9.52. The number of nitrogens with one attached hydrogen (secondary N) is 2. The number of sulfonamides is 1. The van der Waals surface area contributed by atoms with E-state index in [-0.39, 0.29) is 10.9 Å². The average molecular weight is 415 g/mol. The number of imide groups is 1. The van der Waals surface area contributed by atoms with Gasteiger partial charge < -0.3 is 5.32 Å². The lowest BCUT2D eigenvalue weighted by molar-refractivity contribution is -0.119. The topological polar surface area (TPSA) is 108 Å². The van der Waals surface area contributed by atoms with Crippen LogP contribution in [0.5, 0.6) is 0 Å². The van der Waals surface area contributed by atoms with Crippen LogP contribution in [0.4, 0.5) is 4.79 Å². The van der Waals surface area contributed by atoms with E-state index in [1.807, 2.05) is 0 Å². The monoisotopic (exact) mass is 414 g/mol. The molecular formula is C17H26N4O4S2. The minimum Gasteiger partial charge on any atom is -0.341 e. The van der Waals surface area contributed by atoms with E-state index in [1.54, 1.807) is 20.0 Å². The molecule has 0 bridgehead atoms. The maximum absolute atomic E-state index is 12.8. The predicted octanol–water partition coefficient (Wildman–Crippen LogP) is 1.97. The van der Waals surface area contributed by atoms with Crippen molar-refractivity contribution in [3.05, 3.63) is 18.3 Å². The number of amides is 3. The van der Waals surface area contributed by atoms with E-state index in [0.717, 1.165) is 43.9 Å². The van der Waals surface area contributed by atoms with Crippen LogP contribution in [0.3, 0.4) is 0 Å². The number of rotatable bonds is 6. The maximum Gasteiger partial charge on any atom is 0.321 e. The van der Waals surface area contributed by atoms with Gasteiger partial charge in [-0.25, -0.2) is 18.2 Å². The summed E-state index contributed by atoms with van der Waals surface area (Å²) in [5, 5.41) is 4.46. The van der Waals surface area contributed by atoms with Crippen molar-refractivity contribution in [1.29, 1.82) is 0 Å². The highest BCUT2D eigenvalue weighted by Crippen LogP contribution is 2.27. The van der Waals surface area contributed by atoms with Crippen molar-refractivity contribution in [2.75, 3.05) is 14.1 Å². The zero-order valence-electron chi connectivity index (χ0n) is 15.8. The van der Waals surface area contributed by atoms with Crippen molar-refractivity contribution >= 4 is 33.7 Å². The number of hydrogen-bond donors (Lipinski definition) is 2. The molecule has 2 N–H and O–H groups in total. The Balaban J connectivity index is 2.03. The van der Waals surface area contributed by atoms with Gasteiger partial charge in [-0.2, -0.15) is 4.31 Å². The van der Waals surface area contributed by atoms with Crippen LogP contribution in [0, 0.1) is 0 Å². The summed E-state index contributed by atoms with van der Waals surface area (Å²) in [6.45, 7) is 1.64. The standard InChI is InChI=1S/C17H26N4O4S2/c1-12(16(22)20-17(23)18-2)26-15-10-9-14(11-19-15)27(24,25)21(3)13-7-5-4-6-8-13/h9-13H,4-8H2,1-3H3,(H2,18,20,22,23)/t12-/m1/s1. The first-order chi connectivity index (χ1) is 12.8. The summed E-state index contributed by atoms with van der Waals surface area (Å²) in [5.41, 5.74) is 0. The number of pyridine rings is 1. The fourth-order valence-corrected chi connectivity index (χ4v) is 5.06. The number of nitrogens with zero attached hydrogens (tertiary/aromatic N) is 2. The summed E-state index contributed by atoms with van der Waals surface area (Å²) < 4.78 is 27.0. The van der Waals surface area contributed by atoms with Crippen molar-refractivity contribution in [3.8, 4) is 0 Å². The highest BCUT2D eigenvalue weighted by Gasteiger charge is 2.29. The van der Waals surface area contributed by atoms with E-state index in [0.29, 0.717) is 5.03 Å². The average Bonchev–Trinajstić information content (AvgIpc) is 2.68. The molecule has 3 amide bonds. The molecule has 27 heavy (non-hydrogen) atoms. The summed E-state index contributed by atoms with van der Waals surface area (Å²) in [4.78, 5) is 27.4. The van der Waals surface area contributed by atoms with Crippen LogP contribution in [0.2, 0.25) is 0 Å². The molecule has 8 nitrogen and oxygen atoms in total. The molecule has 150 valence electrons. The summed E-state index contributed by atoms with van der Waals surface area (Å²) in [6.07, 6.45) is 6.34. The first-order valence-corrected chi connectivity index (χ1v) is 11.2. The fourth-order valence-electron chi connectivity index (χ4n) is 2.91. The molecule has 1 atom stereocenters. The normalized spacial score (nSPS) is 16.7. The molecule has 0 radical (unpaired) electrons. The Morgan fingerprint density at radius 2 is 1.93 bits per heavy atom. The number of carbonyl (C=O) groups is 2. The van der Waals surface area contributed by atoms with Crippen molar-refractivity contribution in [1.82, 2.24) is 19.9 Å². The van der Waals surface area contributed by atoms with Crippen molar-refractivity contribution in [2.45, 2.75) is 60.2 Å². The van der Waals surface area contributed by atoms with Gasteiger partial charge >= 0.3 is 6.03 Å². The van der Waals surface area contributed by atoms with Gasteiger partial charge in [-0.1, -0.05) is 31.0 Å². The minimum atomic E-state index is -3.59. The first-order valence-electron chi connectivity index (χ1n) is 8.89. The maximum atomic E-state index is 12.8. The smallest absolute Gasteiger partial charge is 0.321 e. The minimum absolute atomic E-state index is 0.0335. The largest absolute Gasteiger partial charge is 0.341 e. The second-order valence-electron chi connectivity index (χ2n) is 6.47. The second-order valence-corrected chi connectivity index (χ2v) is 9.83. The molecule has 2 rings (SSSR count). The molecule has 0 aromatic carbocycles. The predicted molar refractivity (Wildman–Crippen MR) is 104 cm³/mol. The van der Waals surface area contributed by atoms with Crippen LogP contribution < -0.4 is 10.6 Å². The third-order valence-corrected chi connectivity index (χ3v) is 7.55.